The molecule has 0 amide bonds. The molecule has 0 spiro atoms. The molecule has 0 N–H and O–H groups in total. The van der Waals surface area contributed by atoms with Crippen molar-refractivity contribution in [1.82, 2.24) is 4.90 Å². The number of benzene rings is 2. The Labute approximate surface area is 227 Å². The summed E-state index contributed by atoms with van der Waals surface area (Å²) in [5.74, 6) is -0.713. The van der Waals surface area contributed by atoms with Crippen molar-refractivity contribution < 1.29 is 19.1 Å². The lowest BCUT2D eigenvalue weighted by atomic mass is 10.0. The zero-order valence-corrected chi connectivity index (χ0v) is 23.1. The van der Waals surface area contributed by atoms with Crippen LogP contribution < -0.4 is 0 Å². The quantitative estimate of drug-likeness (QED) is 0.229. The van der Waals surface area contributed by atoms with Gasteiger partial charge in [0, 0.05) is 39.3 Å². The van der Waals surface area contributed by atoms with Crippen molar-refractivity contribution >= 4 is 62.4 Å². The van der Waals surface area contributed by atoms with E-state index < -0.39 is 16.8 Å². The minimum atomic E-state index is -0.620. The molecule has 2 atom stereocenters. The third-order valence-electron chi connectivity index (χ3n) is 6.06. The highest BCUT2D eigenvalue weighted by atomic mass is 79.9. The molecule has 0 radical (unpaired) electrons. The second-order valence-corrected chi connectivity index (χ2v) is 11.2. The molecule has 0 fully saturated rings. The topological polar surface area (TPSA) is 55.8 Å². The highest BCUT2D eigenvalue weighted by Crippen LogP contribution is 2.37. The number of hydrogen-bond donors (Lipinski definition) is 0. The van der Waals surface area contributed by atoms with Crippen molar-refractivity contribution in [2.75, 3.05) is 20.8 Å². The van der Waals surface area contributed by atoms with E-state index in [0.717, 1.165) is 24.1 Å². The van der Waals surface area contributed by atoms with Gasteiger partial charge < -0.3 is 9.47 Å². The number of esters is 2. The number of rotatable bonds is 7. The Hall–Kier alpha value is -1.90. The van der Waals surface area contributed by atoms with Gasteiger partial charge >= 0.3 is 11.9 Å². The van der Waals surface area contributed by atoms with Crippen LogP contribution in [0.25, 0.3) is 0 Å². The molecule has 2 heterocycles. The summed E-state index contributed by atoms with van der Waals surface area (Å²) in [5.41, 5.74) is 3.70. The fourth-order valence-electron chi connectivity index (χ4n) is 4.33. The maximum atomic E-state index is 12.7. The summed E-state index contributed by atoms with van der Waals surface area (Å²) in [4.78, 5) is 28.7. The number of fused-ring (bicyclic) bond motifs is 1. The minimum absolute atomic E-state index is 0.319. The van der Waals surface area contributed by atoms with Crippen molar-refractivity contribution in [2.24, 2.45) is 0 Å². The van der Waals surface area contributed by atoms with Gasteiger partial charge in [0.2, 0.25) is 0 Å². The molecule has 184 valence electrons. The van der Waals surface area contributed by atoms with Crippen LogP contribution in [0.2, 0.25) is 10.0 Å². The molecule has 0 bridgehead atoms. The van der Waals surface area contributed by atoms with E-state index >= 15 is 0 Å². The van der Waals surface area contributed by atoms with E-state index in [1.807, 2.05) is 36.4 Å². The summed E-state index contributed by atoms with van der Waals surface area (Å²) in [7, 11) is 2.76. The van der Waals surface area contributed by atoms with E-state index in [0.29, 0.717) is 28.6 Å². The van der Waals surface area contributed by atoms with Crippen LogP contribution in [-0.2, 0) is 38.4 Å². The number of carbonyl (C=O) groups is 2. The van der Waals surface area contributed by atoms with E-state index in [4.69, 9.17) is 32.7 Å². The molecule has 2 aromatic carbocycles. The Kier molecular flexibility index (Phi) is 8.55. The van der Waals surface area contributed by atoms with Gasteiger partial charge in [-0.3, -0.25) is 9.69 Å². The zero-order chi connectivity index (χ0) is 25.1. The Morgan fingerprint density at radius 2 is 1.74 bits per heavy atom. The molecule has 0 saturated carbocycles. The molecule has 1 aliphatic heterocycles. The monoisotopic (exact) mass is 595 g/mol. The predicted molar refractivity (Wildman–Crippen MR) is 143 cm³/mol. The summed E-state index contributed by atoms with van der Waals surface area (Å²) >= 11 is 17.9. The van der Waals surface area contributed by atoms with E-state index in [9.17, 15) is 9.59 Å². The SMILES string of the molecule is COC(=O)C(Br)c1cc(Cc2cc3c(s2)CCN(C(C(=O)OC)c2ccccc2Cl)C3)ccc1Cl. The van der Waals surface area contributed by atoms with E-state index in [2.05, 4.69) is 26.9 Å². The second kappa shape index (κ2) is 11.4. The van der Waals surface area contributed by atoms with Gasteiger partial charge in [-0.2, -0.15) is 0 Å². The van der Waals surface area contributed by atoms with Crippen LogP contribution in [0.1, 0.15) is 42.9 Å². The molecule has 4 rings (SSSR count). The van der Waals surface area contributed by atoms with Crippen molar-refractivity contribution in [2.45, 2.75) is 30.3 Å². The van der Waals surface area contributed by atoms with E-state index in [-0.39, 0.29) is 5.97 Å². The van der Waals surface area contributed by atoms with Gasteiger partial charge in [0.25, 0.3) is 0 Å². The molecule has 1 aliphatic rings. The molecule has 0 saturated heterocycles. The average molecular weight is 597 g/mol. The van der Waals surface area contributed by atoms with Gasteiger partial charge in [-0.15, -0.1) is 11.3 Å². The zero-order valence-electron chi connectivity index (χ0n) is 19.2. The van der Waals surface area contributed by atoms with Crippen molar-refractivity contribution in [1.29, 1.82) is 0 Å². The summed E-state index contributed by atoms with van der Waals surface area (Å²) in [6.07, 6.45) is 1.56. The maximum Gasteiger partial charge on any atom is 0.327 e. The number of nitrogens with zero attached hydrogens (tertiary/aromatic N) is 1. The molecule has 35 heavy (non-hydrogen) atoms. The highest BCUT2D eigenvalue weighted by molar-refractivity contribution is 9.09. The second-order valence-electron chi connectivity index (χ2n) is 8.25. The first-order valence-electron chi connectivity index (χ1n) is 11.0. The Balaban J connectivity index is 1.55. The summed E-state index contributed by atoms with van der Waals surface area (Å²) in [6.45, 7) is 1.36. The molecule has 5 nitrogen and oxygen atoms in total. The fourth-order valence-corrected chi connectivity index (χ4v) is 6.70. The van der Waals surface area contributed by atoms with Gasteiger partial charge in [-0.1, -0.05) is 69.5 Å². The summed E-state index contributed by atoms with van der Waals surface area (Å²) < 4.78 is 9.97. The smallest absolute Gasteiger partial charge is 0.327 e. The van der Waals surface area contributed by atoms with Crippen molar-refractivity contribution in [3.05, 3.63) is 90.6 Å². The number of methoxy groups -OCH3 is 2. The third kappa shape index (κ3) is 5.75. The molecule has 1 aromatic heterocycles. The Morgan fingerprint density at radius 1 is 1.03 bits per heavy atom. The lowest BCUT2D eigenvalue weighted by Gasteiger charge is -2.33. The number of hydrogen-bond acceptors (Lipinski definition) is 6. The number of alkyl halides is 1. The van der Waals surface area contributed by atoms with Crippen LogP contribution in [0.3, 0.4) is 0 Å². The predicted octanol–water partition coefficient (Wildman–Crippen LogP) is 6.53. The molecular formula is C26H24BrCl2NO4S. The molecular weight excluding hydrogens is 573 g/mol. The third-order valence-corrected chi connectivity index (χ3v) is 8.85. The number of thiophene rings is 1. The molecule has 3 aromatic rings. The van der Waals surface area contributed by atoms with Crippen molar-refractivity contribution in [3.8, 4) is 0 Å². The maximum absolute atomic E-state index is 12.7. The van der Waals surface area contributed by atoms with Crippen LogP contribution in [0.5, 0.6) is 0 Å². The standard InChI is InChI=1S/C26H24BrCl2NO4S/c1-33-25(31)23(27)19-12-15(7-8-21(19)29)11-17-13-16-14-30(10-9-22(16)35-17)24(26(32)34-2)18-5-3-4-6-20(18)28/h3-8,12-13,23-24H,9-11,14H2,1-2H3. The van der Waals surface area contributed by atoms with Gasteiger partial charge in [0.05, 0.1) is 14.2 Å². The highest BCUT2D eigenvalue weighted by Gasteiger charge is 2.33. The molecule has 9 heteroatoms. The number of halogens is 3. The first kappa shape index (κ1) is 26.2. The Bertz CT molecular complexity index is 1250. The van der Waals surface area contributed by atoms with Crippen LogP contribution in [0.15, 0.2) is 48.5 Å². The van der Waals surface area contributed by atoms with Crippen molar-refractivity contribution in [3.63, 3.8) is 0 Å². The number of ether oxygens (including phenoxy) is 2. The molecule has 0 aliphatic carbocycles. The lowest BCUT2D eigenvalue weighted by Crippen LogP contribution is -2.38. The van der Waals surface area contributed by atoms with Crippen LogP contribution >= 0.6 is 50.5 Å². The van der Waals surface area contributed by atoms with Gasteiger partial charge in [0.1, 0.15) is 10.9 Å². The van der Waals surface area contributed by atoms with Crippen LogP contribution in [0.4, 0.5) is 0 Å². The summed E-state index contributed by atoms with van der Waals surface area (Å²) in [5, 5.41) is 1.06. The normalized spacial score (nSPS) is 15.2. The molecule has 2 unspecified atom stereocenters. The largest absolute Gasteiger partial charge is 0.468 e. The summed E-state index contributed by atoms with van der Waals surface area (Å²) in [6, 6.07) is 14.8. The van der Waals surface area contributed by atoms with Crippen LogP contribution in [-0.4, -0.2) is 37.6 Å². The van der Waals surface area contributed by atoms with Gasteiger partial charge in [-0.05, 0) is 46.9 Å². The van der Waals surface area contributed by atoms with E-state index in [1.165, 1.54) is 29.5 Å². The van der Waals surface area contributed by atoms with Gasteiger partial charge in [0.15, 0.2) is 0 Å². The number of carbonyl (C=O) groups excluding carboxylic acids is 2. The van der Waals surface area contributed by atoms with E-state index in [1.54, 1.807) is 17.4 Å². The van der Waals surface area contributed by atoms with Crippen LogP contribution in [0, 0.1) is 0 Å². The average Bonchev–Trinajstić information content (AvgIpc) is 3.27. The lowest BCUT2D eigenvalue weighted by molar-refractivity contribution is -0.147. The first-order valence-corrected chi connectivity index (χ1v) is 13.5. The van der Waals surface area contributed by atoms with Gasteiger partial charge in [-0.25, -0.2) is 4.79 Å². The first-order chi connectivity index (χ1) is 16.8. The minimum Gasteiger partial charge on any atom is -0.468 e. The Morgan fingerprint density at radius 3 is 2.46 bits per heavy atom. The fraction of sp³-hybridized carbons (Fsp3) is 0.308.